The fraction of sp³-hybridized carbons (Fsp3) is 0.556. The molecule has 1 N–H and O–H groups in total. The van der Waals surface area contributed by atoms with E-state index in [0.29, 0.717) is 31.3 Å². The first-order chi connectivity index (χ1) is 16.9. The minimum atomic E-state index is -2.05. The van der Waals surface area contributed by atoms with Gasteiger partial charge in [0, 0.05) is 11.1 Å². The Morgan fingerprint density at radius 3 is 2.14 bits per heavy atom. The molecule has 4 rings (SSSR count). The Kier molecular flexibility index (Phi) is 7.22. The van der Waals surface area contributed by atoms with Gasteiger partial charge in [0.25, 0.3) is 0 Å². The summed E-state index contributed by atoms with van der Waals surface area (Å²) in [7, 11) is 0.947. The lowest BCUT2D eigenvalue weighted by Gasteiger charge is -2.40. The van der Waals surface area contributed by atoms with Crippen molar-refractivity contribution in [2.45, 2.75) is 63.8 Å². The van der Waals surface area contributed by atoms with Crippen molar-refractivity contribution in [3.8, 4) is 28.7 Å². The van der Waals surface area contributed by atoms with Crippen LogP contribution in [0.25, 0.3) is 0 Å². The predicted octanol–water partition coefficient (Wildman–Crippen LogP) is 5.53. The summed E-state index contributed by atoms with van der Waals surface area (Å²) in [6.45, 7) is 14.3. The van der Waals surface area contributed by atoms with Gasteiger partial charge >= 0.3 is 0 Å². The van der Waals surface area contributed by atoms with E-state index in [1.165, 1.54) is 14.2 Å². The van der Waals surface area contributed by atoms with Gasteiger partial charge in [-0.25, -0.2) is 0 Å². The highest BCUT2D eigenvalue weighted by Crippen LogP contribution is 2.46. The van der Waals surface area contributed by atoms with Crippen LogP contribution in [0.15, 0.2) is 30.3 Å². The van der Waals surface area contributed by atoms with Gasteiger partial charge in [-0.2, -0.15) is 0 Å². The van der Waals surface area contributed by atoms with Crippen molar-refractivity contribution in [3.63, 3.8) is 0 Å². The molecule has 2 heterocycles. The Morgan fingerprint density at radius 1 is 0.972 bits per heavy atom. The van der Waals surface area contributed by atoms with Crippen LogP contribution >= 0.6 is 0 Å². The summed E-state index contributed by atoms with van der Waals surface area (Å²) in [5.74, 6) is 0.876. The largest absolute Gasteiger partial charge is 0.502 e. The van der Waals surface area contributed by atoms with Crippen LogP contribution in [0, 0.1) is 0 Å². The Balaban J connectivity index is 1.72. The topological polar surface area (TPSA) is 84.8 Å². The molecule has 0 radical (unpaired) electrons. The van der Waals surface area contributed by atoms with Gasteiger partial charge in [0.1, 0.15) is 0 Å². The molecule has 9 heteroatoms. The number of methoxy groups -OCH3 is 2. The molecule has 0 aromatic heterocycles. The standard InChI is InChI=1S/C27H38O8Si/c1-26(2,3)36(7,8)33-16-23-25(17-13-21(29-5)24(28)22(14-17)30-6)35-20-15-18(9-10-19(20)34-23)27(4)31-11-12-32-27/h9-10,13-15,23,25,28H,11-12,16H2,1-8H3/t23-,25-/m0/s1. The highest BCUT2D eigenvalue weighted by molar-refractivity contribution is 6.74. The Bertz CT molecular complexity index is 1060. The van der Waals surface area contributed by atoms with Crippen LogP contribution in [0.4, 0.5) is 0 Å². The normalized spacial score (nSPS) is 21.3. The molecule has 2 aliphatic heterocycles. The number of phenolic OH excluding ortho intramolecular Hbond substituents is 1. The molecule has 198 valence electrons. The smallest absolute Gasteiger partial charge is 0.200 e. The van der Waals surface area contributed by atoms with E-state index in [2.05, 4.69) is 33.9 Å². The van der Waals surface area contributed by atoms with Crippen molar-refractivity contribution >= 4 is 8.32 Å². The van der Waals surface area contributed by atoms with Crippen LogP contribution in [-0.2, 0) is 19.7 Å². The van der Waals surface area contributed by atoms with E-state index >= 15 is 0 Å². The Hall–Kier alpha value is -2.46. The molecule has 2 atom stereocenters. The number of fused-ring (bicyclic) bond motifs is 1. The average Bonchev–Trinajstić information content (AvgIpc) is 3.29. The first kappa shape index (κ1) is 26.6. The number of benzene rings is 2. The zero-order chi connectivity index (χ0) is 26.3. The molecule has 1 saturated heterocycles. The van der Waals surface area contributed by atoms with Crippen LogP contribution in [0.2, 0.25) is 18.1 Å². The lowest BCUT2D eigenvalue weighted by molar-refractivity contribution is -0.150. The first-order valence-electron chi connectivity index (χ1n) is 12.2. The molecule has 8 nitrogen and oxygen atoms in total. The Morgan fingerprint density at radius 2 is 1.58 bits per heavy atom. The average molecular weight is 519 g/mol. The van der Waals surface area contributed by atoms with Gasteiger partial charge in [0.05, 0.1) is 34.0 Å². The van der Waals surface area contributed by atoms with E-state index in [4.69, 9.17) is 32.8 Å². The van der Waals surface area contributed by atoms with Crippen molar-refractivity contribution in [3.05, 3.63) is 41.5 Å². The molecule has 2 aromatic carbocycles. The van der Waals surface area contributed by atoms with E-state index in [-0.39, 0.29) is 22.3 Å². The third-order valence-electron chi connectivity index (χ3n) is 7.42. The molecule has 0 unspecified atom stereocenters. The van der Waals surface area contributed by atoms with Crippen molar-refractivity contribution in [1.82, 2.24) is 0 Å². The molecule has 1 fully saturated rings. The van der Waals surface area contributed by atoms with Crippen LogP contribution < -0.4 is 18.9 Å². The monoisotopic (exact) mass is 518 g/mol. The molecule has 0 aliphatic carbocycles. The Labute approximate surface area is 214 Å². The molecule has 2 aliphatic rings. The maximum Gasteiger partial charge on any atom is 0.200 e. The third-order valence-corrected chi connectivity index (χ3v) is 11.9. The fourth-order valence-corrected chi connectivity index (χ4v) is 5.10. The SMILES string of the molecule is COc1cc([C@@H]2Oc3cc(C4(C)OCCO4)ccc3O[C@H]2CO[Si](C)(C)C(C)(C)C)cc(OC)c1O. The maximum absolute atomic E-state index is 10.5. The van der Waals surface area contributed by atoms with E-state index < -0.39 is 26.3 Å². The van der Waals surface area contributed by atoms with Crippen LogP contribution in [0.5, 0.6) is 28.7 Å². The van der Waals surface area contributed by atoms with Crippen molar-refractivity contribution in [2.75, 3.05) is 34.0 Å². The predicted molar refractivity (Wildman–Crippen MR) is 138 cm³/mol. The molecular weight excluding hydrogens is 480 g/mol. The van der Waals surface area contributed by atoms with Crippen LogP contribution in [-0.4, -0.2) is 53.6 Å². The molecule has 0 bridgehead atoms. The summed E-state index contributed by atoms with van der Waals surface area (Å²) < 4.78 is 42.1. The summed E-state index contributed by atoms with van der Waals surface area (Å²) in [4.78, 5) is 0. The van der Waals surface area contributed by atoms with E-state index in [0.717, 1.165) is 11.1 Å². The van der Waals surface area contributed by atoms with Gasteiger partial charge in [0.15, 0.2) is 49.3 Å². The van der Waals surface area contributed by atoms with Crippen molar-refractivity contribution < 1.29 is 38.0 Å². The molecule has 0 spiro atoms. The summed E-state index contributed by atoms with van der Waals surface area (Å²) in [5.41, 5.74) is 1.58. The van der Waals surface area contributed by atoms with Gasteiger partial charge in [-0.1, -0.05) is 20.8 Å². The van der Waals surface area contributed by atoms with Gasteiger partial charge in [-0.05, 0) is 55.4 Å². The second kappa shape index (κ2) is 9.78. The van der Waals surface area contributed by atoms with Gasteiger partial charge in [-0.3, -0.25) is 0 Å². The summed E-state index contributed by atoms with van der Waals surface area (Å²) in [5, 5.41) is 10.5. The zero-order valence-electron chi connectivity index (χ0n) is 22.5. The minimum absolute atomic E-state index is 0.0481. The zero-order valence-corrected chi connectivity index (χ0v) is 23.5. The fourth-order valence-electron chi connectivity index (χ4n) is 4.09. The van der Waals surface area contributed by atoms with Crippen LogP contribution in [0.1, 0.15) is 44.9 Å². The van der Waals surface area contributed by atoms with Gasteiger partial charge in [-0.15, -0.1) is 0 Å². The molecule has 0 amide bonds. The second-order valence-corrected chi connectivity index (χ2v) is 15.7. The number of ether oxygens (including phenoxy) is 6. The quantitative estimate of drug-likeness (QED) is 0.479. The summed E-state index contributed by atoms with van der Waals surface area (Å²) in [6.07, 6.45) is -0.981. The number of aromatic hydroxyl groups is 1. The minimum Gasteiger partial charge on any atom is -0.502 e. The van der Waals surface area contributed by atoms with E-state index in [9.17, 15) is 5.11 Å². The van der Waals surface area contributed by atoms with E-state index in [1.807, 2.05) is 25.1 Å². The highest BCUT2D eigenvalue weighted by Gasteiger charge is 2.42. The second-order valence-electron chi connectivity index (χ2n) is 10.8. The van der Waals surface area contributed by atoms with Gasteiger partial charge in [0.2, 0.25) is 5.75 Å². The number of hydrogen-bond donors (Lipinski definition) is 1. The summed E-state index contributed by atoms with van der Waals surface area (Å²) >= 11 is 0. The molecule has 0 saturated carbocycles. The van der Waals surface area contributed by atoms with Crippen molar-refractivity contribution in [1.29, 1.82) is 0 Å². The van der Waals surface area contributed by atoms with Gasteiger partial charge < -0.3 is 38.0 Å². The first-order valence-corrected chi connectivity index (χ1v) is 15.1. The molecule has 36 heavy (non-hydrogen) atoms. The number of phenols is 1. The maximum atomic E-state index is 10.5. The molecular formula is C27H38O8Si. The third kappa shape index (κ3) is 5.02. The van der Waals surface area contributed by atoms with E-state index in [1.54, 1.807) is 12.1 Å². The highest BCUT2D eigenvalue weighted by atomic mass is 28.4. The molecule has 2 aromatic rings. The summed E-state index contributed by atoms with van der Waals surface area (Å²) in [6, 6.07) is 9.20. The number of hydrogen-bond acceptors (Lipinski definition) is 8. The lowest BCUT2D eigenvalue weighted by atomic mass is 10.0. The lowest BCUT2D eigenvalue weighted by Crippen LogP contribution is -2.46. The van der Waals surface area contributed by atoms with Crippen molar-refractivity contribution in [2.24, 2.45) is 0 Å². The number of rotatable bonds is 7. The van der Waals surface area contributed by atoms with Crippen LogP contribution in [0.3, 0.4) is 0 Å².